The number of aliphatic hydroxyl groups is 2. The second-order valence-corrected chi connectivity index (χ2v) is 6.56. The quantitative estimate of drug-likeness (QED) is 0.563. The Labute approximate surface area is 130 Å². The van der Waals surface area contributed by atoms with Crippen LogP contribution >= 0.6 is 0 Å². The van der Waals surface area contributed by atoms with E-state index in [1.54, 1.807) is 6.08 Å². The first-order chi connectivity index (χ1) is 10.3. The number of hydrogen-bond acceptors (Lipinski definition) is 4. The van der Waals surface area contributed by atoms with Gasteiger partial charge in [0.2, 0.25) is 5.91 Å². The predicted molar refractivity (Wildman–Crippen MR) is 80.0 cm³/mol. The minimum Gasteiger partial charge on any atom is -0.479 e. The molecule has 0 radical (unpaired) electrons. The van der Waals surface area contributed by atoms with Gasteiger partial charge in [-0.25, -0.2) is 4.79 Å². The van der Waals surface area contributed by atoms with Gasteiger partial charge in [-0.2, -0.15) is 0 Å². The Balaban J connectivity index is 2.44. The van der Waals surface area contributed by atoms with Crippen LogP contribution in [0.1, 0.15) is 46.0 Å². The fraction of sp³-hybridized carbons (Fsp3) is 0.750. The lowest BCUT2D eigenvalue weighted by atomic mass is 9.68. The van der Waals surface area contributed by atoms with Gasteiger partial charge in [-0.3, -0.25) is 4.79 Å². The fourth-order valence-electron chi connectivity index (χ4n) is 3.83. The van der Waals surface area contributed by atoms with E-state index in [1.807, 2.05) is 13.0 Å². The number of carboxylic acid groups (broad SMARTS) is 1. The van der Waals surface area contributed by atoms with Crippen LogP contribution in [0.2, 0.25) is 0 Å². The maximum Gasteiger partial charge on any atom is 0.335 e. The van der Waals surface area contributed by atoms with Gasteiger partial charge < -0.3 is 20.6 Å². The molecule has 1 heterocycles. The Bertz CT molecular complexity index is 487. The largest absolute Gasteiger partial charge is 0.479 e. The van der Waals surface area contributed by atoms with Crippen LogP contribution in [0.3, 0.4) is 0 Å². The summed E-state index contributed by atoms with van der Waals surface area (Å²) in [6.07, 6.45) is 5.72. The van der Waals surface area contributed by atoms with E-state index in [-0.39, 0.29) is 0 Å². The second-order valence-electron chi connectivity index (χ2n) is 6.56. The molecule has 1 fully saturated rings. The van der Waals surface area contributed by atoms with Gasteiger partial charge in [0, 0.05) is 5.92 Å². The first-order valence-corrected chi connectivity index (χ1v) is 7.91. The van der Waals surface area contributed by atoms with Gasteiger partial charge in [0.15, 0.2) is 5.54 Å². The molecule has 0 aromatic rings. The normalized spacial score (nSPS) is 39.5. The van der Waals surface area contributed by atoms with Gasteiger partial charge in [0.05, 0.1) is 12.0 Å². The van der Waals surface area contributed by atoms with Crippen molar-refractivity contribution in [1.29, 1.82) is 0 Å². The Morgan fingerprint density at radius 3 is 2.73 bits per heavy atom. The molecule has 5 atom stereocenters. The van der Waals surface area contributed by atoms with Crippen molar-refractivity contribution >= 4 is 11.9 Å². The predicted octanol–water partition coefficient (Wildman–Crippen LogP) is 0.824. The SMILES string of the molecule is CCC[C@H]1C(=O)N[C@](C(=O)O)([C@H](O)[C@@H]2C=CCCC2)[C@@]1(C)O. The molecule has 6 nitrogen and oxygen atoms in total. The van der Waals surface area contributed by atoms with Crippen molar-refractivity contribution in [3.05, 3.63) is 12.2 Å². The average Bonchev–Trinajstić information content (AvgIpc) is 2.68. The molecule has 124 valence electrons. The van der Waals surface area contributed by atoms with Crippen LogP contribution in [0.4, 0.5) is 0 Å². The molecule has 1 aliphatic heterocycles. The lowest BCUT2D eigenvalue weighted by molar-refractivity contribution is -0.170. The molecule has 2 rings (SSSR count). The second kappa shape index (κ2) is 6.01. The van der Waals surface area contributed by atoms with Crippen molar-refractivity contribution in [2.45, 2.75) is 63.2 Å². The first-order valence-electron chi connectivity index (χ1n) is 7.91. The molecule has 0 aromatic heterocycles. The van der Waals surface area contributed by atoms with Crippen molar-refractivity contribution in [3.63, 3.8) is 0 Å². The molecule has 0 saturated carbocycles. The number of nitrogens with one attached hydrogen (secondary N) is 1. The van der Waals surface area contributed by atoms with Gasteiger partial charge >= 0.3 is 5.97 Å². The molecule has 2 aliphatic rings. The summed E-state index contributed by atoms with van der Waals surface area (Å²) in [5.74, 6) is -3.13. The number of aliphatic carboxylic acids is 1. The summed E-state index contributed by atoms with van der Waals surface area (Å²) in [7, 11) is 0. The molecule has 0 aromatic carbocycles. The van der Waals surface area contributed by atoms with E-state index in [1.165, 1.54) is 6.92 Å². The van der Waals surface area contributed by atoms with E-state index in [4.69, 9.17) is 0 Å². The Kier molecular flexibility index (Phi) is 4.63. The summed E-state index contributed by atoms with van der Waals surface area (Å²) in [6.45, 7) is 3.21. The number of carbonyl (C=O) groups is 2. The molecular formula is C16H25NO5. The Hall–Kier alpha value is -1.40. The van der Waals surface area contributed by atoms with Gasteiger partial charge in [-0.1, -0.05) is 25.5 Å². The summed E-state index contributed by atoms with van der Waals surface area (Å²) in [5.41, 5.74) is -3.92. The number of carboxylic acids is 1. The Morgan fingerprint density at radius 2 is 2.23 bits per heavy atom. The summed E-state index contributed by atoms with van der Waals surface area (Å²) >= 11 is 0. The van der Waals surface area contributed by atoms with E-state index < -0.39 is 41.0 Å². The summed E-state index contributed by atoms with van der Waals surface area (Å²) in [6, 6.07) is 0. The van der Waals surface area contributed by atoms with Crippen molar-refractivity contribution in [3.8, 4) is 0 Å². The molecule has 1 saturated heterocycles. The highest BCUT2D eigenvalue weighted by Gasteiger charge is 2.69. The van der Waals surface area contributed by atoms with Crippen molar-refractivity contribution in [1.82, 2.24) is 5.32 Å². The average molecular weight is 311 g/mol. The number of allylic oxidation sites excluding steroid dienone is 1. The van der Waals surface area contributed by atoms with Gasteiger partial charge in [-0.15, -0.1) is 0 Å². The van der Waals surface area contributed by atoms with Crippen molar-refractivity contribution < 1.29 is 24.9 Å². The highest BCUT2D eigenvalue weighted by Crippen LogP contribution is 2.44. The van der Waals surface area contributed by atoms with Crippen LogP contribution in [0.25, 0.3) is 0 Å². The molecule has 6 heteroatoms. The van der Waals surface area contributed by atoms with Crippen LogP contribution in [0.15, 0.2) is 12.2 Å². The molecule has 4 N–H and O–H groups in total. The molecule has 0 unspecified atom stereocenters. The molecule has 22 heavy (non-hydrogen) atoms. The fourth-order valence-corrected chi connectivity index (χ4v) is 3.83. The van der Waals surface area contributed by atoms with Crippen LogP contribution in [-0.2, 0) is 9.59 Å². The smallest absolute Gasteiger partial charge is 0.335 e. The van der Waals surface area contributed by atoms with E-state index >= 15 is 0 Å². The monoisotopic (exact) mass is 311 g/mol. The molecular weight excluding hydrogens is 286 g/mol. The molecule has 1 aliphatic carbocycles. The van der Waals surface area contributed by atoms with E-state index in [0.29, 0.717) is 19.3 Å². The van der Waals surface area contributed by atoms with Gasteiger partial charge in [0.1, 0.15) is 5.60 Å². The van der Waals surface area contributed by atoms with Gasteiger partial charge in [0.25, 0.3) is 0 Å². The number of aliphatic hydroxyl groups excluding tert-OH is 1. The van der Waals surface area contributed by atoms with Crippen molar-refractivity contribution in [2.24, 2.45) is 11.8 Å². The minimum absolute atomic E-state index is 0.376. The summed E-state index contributed by atoms with van der Waals surface area (Å²) in [4.78, 5) is 24.2. The summed E-state index contributed by atoms with van der Waals surface area (Å²) in [5, 5.41) is 33.8. The third-order valence-corrected chi connectivity index (χ3v) is 5.17. The molecule has 1 amide bonds. The number of amides is 1. The molecule has 0 bridgehead atoms. The van der Waals surface area contributed by atoms with Crippen LogP contribution < -0.4 is 5.32 Å². The zero-order chi connectivity index (χ0) is 16.5. The number of rotatable bonds is 5. The van der Waals surface area contributed by atoms with Crippen LogP contribution in [-0.4, -0.2) is 44.4 Å². The van der Waals surface area contributed by atoms with E-state index in [9.17, 15) is 24.9 Å². The van der Waals surface area contributed by atoms with Crippen LogP contribution in [0.5, 0.6) is 0 Å². The summed E-state index contributed by atoms with van der Waals surface area (Å²) < 4.78 is 0. The minimum atomic E-state index is -2.07. The number of hydrogen-bond donors (Lipinski definition) is 4. The maximum absolute atomic E-state index is 12.2. The maximum atomic E-state index is 12.2. The zero-order valence-electron chi connectivity index (χ0n) is 13.1. The Morgan fingerprint density at radius 1 is 1.55 bits per heavy atom. The van der Waals surface area contributed by atoms with E-state index in [0.717, 1.165) is 12.8 Å². The number of carbonyl (C=O) groups excluding carboxylic acids is 1. The topological polar surface area (TPSA) is 107 Å². The standard InChI is InChI=1S/C16H25NO5/c1-3-7-11-13(19)17-16(14(20)21,15(11,2)22)12(18)10-8-5-4-6-9-10/h5,8,10-12,18,22H,3-4,6-7,9H2,1-2H3,(H,17,19)(H,20,21)/t10-,11+,12-,15+,16+/m1/s1. The van der Waals surface area contributed by atoms with Crippen molar-refractivity contribution in [2.75, 3.05) is 0 Å². The van der Waals surface area contributed by atoms with Gasteiger partial charge in [-0.05, 0) is 32.6 Å². The highest BCUT2D eigenvalue weighted by atomic mass is 16.4. The molecule has 0 spiro atoms. The van der Waals surface area contributed by atoms with Crippen LogP contribution in [0, 0.1) is 11.8 Å². The third-order valence-electron chi connectivity index (χ3n) is 5.17. The zero-order valence-corrected chi connectivity index (χ0v) is 13.1. The first kappa shape index (κ1) is 17.0. The lowest BCUT2D eigenvalue weighted by Gasteiger charge is -2.43. The lowest BCUT2D eigenvalue weighted by Crippen LogP contribution is -2.70. The third kappa shape index (κ3) is 2.34. The highest BCUT2D eigenvalue weighted by molar-refractivity contribution is 5.95. The van der Waals surface area contributed by atoms with E-state index in [2.05, 4.69) is 5.32 Å².